The molecule has 2 aromatic heterocycles. The van der Waals surface area contributed by atoms with E-state index < -0.39 is 5.91 Å². The lowest BCUT2D eigenvalue weighted by molar-refractivity contribution is 0.102. The van der Waals surface area contributed by atoms with Gasteiger partial charge in [0.2, 0.25) is 0 Å². The monoisotopic (exact) mass is 391 g/mol. The number of benzene rings is 1. The number of hydrogen-bond donors (Lipinski definition) is 1. The normalized spacial score (nSPS) is 10.9. The highest BCUT2D eigenvalue weighted by Crippen LogP contribution is 2.36. The third kappa shape index (κ3) is 2.87. The first-order valence-corrected chi connectivity index (χ1v) is 8.17. The van der Waals surface area contributed by atoms with Gasteiger partial charge in [-0.25, -0.2) is 9.97 Å². The summed E-state index contributed by atoms with van der Waals surface area (Å²) in [7, 11) is 0. The zero-order valence-electron chi connectivity index (χ0n) is 10.5. The van der Waals surface area contributed by atoms with Gasteiger partial charge in [0.1, 0.15) is 5.15 Å². The van der Waals surface area contributed by atoms with E-state index in [1.807, 2.05) is 24.3 Å². The van der Waals surface area contributed by atoms with Crippen LogP contribution < -0.4 is 5.32 Å². The van der Waals surface area contributed by atoms with Crippen LogP contribution in [0.2, 0.25) is 20.2 Å². The van der Waals surface area contributed by atoms with Gasteiger partial charge in [-0.3, -0.25) is 10.1 Å². The number of nitrogens with zero attached hydrogens (tertiary/aromatic N) is 2. The molecule has 0 radical (unpaired) electrons. The molecule has 112 valence electrons. The van der Waals surface area contributed by atoms with Crippen molar-refractivity contribution in [3.63, 3.8) is 0 Å². The molecule has 0 saturated heterocycles. The van der Waals surface area contributed by atoms with Gasteiger partial charge in [0, 0.05) is 0 Å². The molecule has 0 bridgehead atoms. The predicted molar refractivity (Wildman–Crippen MR) is 91.9 cm³/mol. The molecule has 0 aliphatic heterocycles. The fourth-order valence-corrected chi connectivity index (χ4v) is 3.39. The van der Waals surface area contributed by atoms with Crippen molar-refractivity contribution in [2.45, 2.75) is 0 Å². The topological polar surface area (TPSA) is 54.9 Å². The van der Waals surface area contributed by atoms with Crippen LogP contribution >= 0.6 is 57.7 Å². The predicted octanol–water partition coefficient (Wildman–Crippen LogP) is 5.56. The van der Waals surface area contributed by atoms with Gasteiger partial charge in [-0.15, -0.1) is 0 Å². The Bertz CT molecular complexity index is 863. The Hall–Kier alpha value is -1.11. The smallest absolute Gasteiger partial charge is 0.277 e. The second-order valence-corrected chi connectivity index (χ2v) is 6.66. The summed E-state index contributed by atoms with van der Waals surface area (Å²) < 4.78 is 0.948. The van der Waals surface area contributed by atoms with Gasteiger partial charge in [0.15, 0.2) is 10.8 Å². The van der Waals surface area contributed by atoms with E-state index in [-0.39, 0.29) is 25.9 Å². The van der Waals surface area contributed by atoms with E-state index >= 15 is 0 Å². The summed E-state index contributed by atoms with van der Waals surface area (Å²) in [6.07, 6.45) is 0. The van der Waals surface area contributed by atoms with Crippen molar-refractivity contribution in [3.05, 3.63) is 50.2 Å². The van der Waals surface area contributed by atoms with Crippen molar-refractivity contribution in [3.8, 4) is 0 Å². The maximum absolute atomic E-state index is 12.3. The standard InChI is InChI=1S/C13H5Cl4N3OS/c14-7-8(15)10(19-11(17)9(7)16)12(21)20-13-18-5-3-1-2-4-6(5)22-13/h1-4H,(H,18,20,21). The zero-order valence-corrected chi connectivity index (χ0v) is 14.4. The Morgan fingerprint density at radius 1 is 1.00 bits per heavy atom. The van der Waals surface area contributed by atoms with Gasteiger partial charge in [0.25, 0.3) is 5.91 Å². The Morgan fingerprint density at radius 3 is 2.45 bits per heavy atom. The number of hydrogen-bond acceptors (Lipinski definition) is 4. The van der Waals surface area contributed by atoms with Gasteiger partial charge >= 0.3 is 0 Å². The number of amides is 1. The molecule has 3 aromatic rings. The number of thiazole rings is 1. The molecule has 0 fully saturated rings. The van der Waals surface area contributed by atoms with Crippen LogP contribution in [0.25, 0.3) is 10.2 Å². The van der Waals surface area contributed by atoms with E-state index in [2.05, 4.69) is 15.3 Å². The number of carbonyl (C=O) groups excluding carboxylic acids is 1. The van der Waals surface area contributed by atoms with Gasteiger partial charge in [0.05, 0.1) is 25.3 Å². The minimum absolute atomic E-state index is 0.00451. The highest BCUT2D eigenvalue weighted by Gasteiger charge is 2.21. The molecule has 0 saturated carbocycles. The van der Waals surface area contributed by atoms with Crippen molar-refractivity contribution in [1.29, 1.82) is 0 Å². The van der Waals surface area contributed by atoms with Crippen LogP contribution in [-0.2, 0) is 0 Å². The molecule has 1 amide bonds. The Kier molecular flexibility index (Phi) is 4.43. The quantitative estimate of drug-likeness (QED) is 0.581. The van der Waals surface area contributed by atoms with E-state index in [1.165, 1.54) is 11.3 Å². The highest BCUT2D eigenvalue weighted by molar-refractivity contribution is 7.22. The first-order valence-electron chi connectivity index (χ1n) is 5.84. The molecule has 3 rings (SSSR count). The van der Waals surface area contributed by atoms with Crippen LogP contribution in [0, 0.1) is 0 Å². The second-order valence-electron chi connectivity index (χ2n) is 4.13. The lowest BCUT2D eigenvalue weighted by atomic mass is 10.3. The van der Waals surface area contributed by atoms with Crippen molar-refractivity contribution >= 4 is 79.0 Å². The number of rotatable bonds is 2. The van der Waals surface area contributed by atoms with Crippen LogP contribution in [0.1, 0.15) is 10.5 Å². The number of para-hydroxylation sites is 1. The average molecular weight is 393 g/mol. The molecular weight excluding hydrogens is 388 g/mol. The summed E-state index contributed by atoms with van der Waals surface area (Å²) in [4.78, 5) is 20.4. The third-order valence-corrected chi connectivity index (χ3v) is 5.34. The lowest BCUT2D eigenvalue weighted by Gasteiger charge is -2.07. The Balaban J connectivity index is 1.95. The van der Waals surface area contributed by atoms with Crippen molar-refractivity contribution in [2.24, 2.45) is 0 Å². The molecular formula is C13H5Cl4N3OS. The zero-order chi connectivity index (χ0) is 15.9. The second kappa shape index (κ2) is 6.18. The number of nitrogens with one attached hydrogen (secondary N) is 1. The number of pyridine rings is 1. The van der Waals surface area contributed by atoms with Crippen LogP contribution in [0.3, 0.4) is 0 Å². The van der Waals surface area contributed by atoms with Crippen LogP contribution in [0.4, 0.5) is 5.13 Å². The van der Waals surface area contributed by atoms with Crippen molar-refractivity contribution in [2.75, 3.05) is 5.32 Å². The fourth-order valence-electron chi connectivity index (χ4n) is 1.72. The molecule has 0 aliphatic rings. The van der Waals surface area contributed by atoms with E-state index in [1.54, 1.807) is 0 Å². The molecule has 1 N–H and O–H groups in total. The maximum atomic E-state index is 12.3. The Labute approximate surface area is 149 Å². The number of anilines is 1. The van der Waals surface area contributed by atoms with Crippen LogP contribution in [0.15, 0.2) is 24.3 Å². The molecule has 1 aromatic carbocycles. The molecule has 0 aliphatic carbocycles. The van der Waals surface area contributed by atoms with Gasteiger partial charge in [-0.2, -0.15) is 0 Å². The SMILES string of the molecule is O=C(Nc1nc2ccccc2s1)c1nc(Cl)c(Cl)c(Cl)c1Cl. The van der Waals surface area contributed by atoms with E-state index in [0.717, 1.165) is 10.2 Å². The van der Waals surface area contributed by atoms with E-state index in [4.69, 9.17) is 46.4 Å². The fraction of sp³-hybridized carbons (Fsp3) is 0. The van der Waals surface area contributed by atoms with E-state index in [9.17, 15) is 4.79 Å². The number of halogens is 4. The summed E-state index contributed by atoms with van der Waals surface area (Å²) in [5.41, 5.74) is 0.675. The summed E-state index contributed by atoms with van der Waals surface area (Å²) in [5.74, 6) is -0.565. The van der Waals surface area contributed by atoms with Crippen molar-refractivity contribution in [1.82, 2.24) is 9.97 Å². The highest BCUT2D eigenvalue weighted by atomic mass is 35.5. The minimum Gasteiger partial charge on any atom is -0.296 e. The number of fused-ring (bicyclic) bond motifs is 1. The summed E-state index contributed by atoms with van der Waals surface area (Å²) in [6.45, 7) is 0. The third-order valence-electron chi connectivity index (χ3n) is 2.71. The lowest BCUT2D eigenvalue weighted by Crippen LogP contribution is -2.14. The first-order chi connectivity index (χ1) is 10.5. The maximum Gasteiger partial charge on any atom is 0.277 e. The van der Waals surface area contributed by atoms with Crippen LogP contribution in [0.5, 0.6) is 0 Å². The van der Waals surface area contributed by atoms with Gasteiger partial charge in [-0.1, -0.05) is 69.9 Å². The molecule has 0 spiro atoms. The van der Waals surface area contributed by atoms with Crippen molar-refractivity contribution < 1.29 is 4.79 Å². The Morgan fingerprint density at radius 2 is 1.73 bits per heavy atom. The minimum atomic E-state index is -0.565. The largest absolute Gasteiger partial charge is 0.296 e. The van der Waals surface area contributed by atoms with Gasteiger partial charge < -0.3 is 0 Å². The average Bonchev–Trinajstić information content (AvgIpc) is 2.90. The molecule has 9 heteroatoms. The van der Waals surface area contributed by atoms with E-state index in [0.29, 0.717) is 5.13 Å². The molecule has 0 unspecified atom stereocenters. The number of carbonyl (C=O) groups is 1. The molecule has 0 atom stereocenters. The molecule has 4 nitrogen and oxygen atoms in total. The first kappa shape index (κ1) is 15.8. The summed E-state index contributed by atoms with van der Waals surface area (Å²) >= 11 is 24.9. The van der Waals surface area contributed by atoms with Gasteiger partial charge in [-0.05, 0) is 12.1 Å². The molecule has 2 heterocycles. The molecule has 22 heavy (non-hydrogen) atoms. The summed E-state index contributed by atoms with van der Waals surface area (Å²) in [5, 5.41) is 2.88. The summed E-state index contributed by atoms with van der Waals surface area (Å²) in [6, 6.07) is 7.51. The number of aromatic nitrogens is 2. The van der Waals surface area contributed by atoms with Crippen LogP contribution in [-0.4, -0.2) is 15.9 Å².